The maximum atomic E-state index is 13.0. The highest BCUT2D eigenvalue weighted by Gasteiger charge is 2.30. The smallest absolute Gasteiger partial charge is 0.462 e. The van der Waals surface area contributed by atoms with E-state index in [4.69, 9.17) is 37.0 Å². The van der Waals surface area contributed by atoms with Gasteiger partial charge in [0.2, 0.25) is 0 Å². The van der Waals surface area contributed by atoms with E-state index in [0.29, 0.717) is 37.5 Å². The van der Waals surface area contributed by atoms with Gasteiger partial charge in [-0.25, -0.2) is 9.13 Å². The van der Waals surface area contributed by atoms with Gasteiger partial charge in [0, 0.05) is 25.7 Å². The molecule has 0 aromatic rings. The van der Waals surface area contributed by atoms with Crippen molar-refractivity contribution in [2.75, 3.05) is 39.6 Å². The molecule has 6 atom stereocenters. The molecule has 0 aliphatic carbocycles. The molecule has 498 valence electrons. The third kappa shape index (κ3) is 57.8. The number of rotatable bonds is 62. The van der Waals surface area contributed by atoms with Gasteiger partial charge in [0.15, 0.2) is 12.2 Å². The van der Waals surface area contributed by atoms with Crippen molar-refractivity contribution in [3.63, 3.8) is 0 Å². The van der Waals surface area contributed by atoms with E-state index in [1.807, 2.05) is 0 Å². The minimum absolute atomic E-state index is 0.101. The highest BCUT2D eigenvalue weighted by Crippen LogP contribution is 2.45. The average Bonchev–Trinajstić information content (AvgIpc) is 3.55. The van der Waals surface area contributed by atoms with E-state index in [-0.39, 0.29) is 25.7 Å². The Kier molecular flexibility index (Phi) is 53.9. The van der Waals surface area contributed by atoms with Crippen LogP contribution in [0.15, 0.2) is 0 Å². The van der Waals surface area contributed by atoms with E-state index in [1.165, 1.54) is 109 Å². The molecule has 0 rings (SSSR count). The summed E-state index contributed by atoms with van der Waals surface area (Å²) in [5.41, 5.74) is 0. The molecule has 0 aliphatic rings. The average molecular weight is 1240 g/mol. The van der Waals surface area contributed by atoms with Gasteiger partial charge in [0.05, 0.1) is 26.4 Å². The number of carbonyl (C=O) groups is 4. The predicted molar refractivity (Wildman–Crippen MR) is 335 cm³/mol. The van der Waals surface area contributed by atoms with Crippen molar-refractivity contribution < 1.29 is 80.2 Å². The number of aliphatic hydroxyl groups is 1. The van der Waals surface area contributed by atoms with Crippen molar-refractivity contribution in [3.05, 3.63) is 0 Å². The van der Waals surface area contributed by atoms with Crippen LogP contribution in [0.2, 0.25) is 0 Å². The Morgan fingerprint density at radius 1 is 0.333 bits per heavy atom. The summed E-state index contributed by atoms with van der Waals surface area (Å²) in [6.45, 7) is 13.9. The lowest BCUT2D eigenvalue weighted by Crippen LogP contribution is -2.30. The Morgan fingerprint density at radius 3 is 0.845 bits per heavy atom. The molecule has 17 nitrogen and oxygen atoms in total. The first-order chi connectivity index (χ1) is 40.1. The Morgan fingerprint density at radius 2 is 0.571 bits per heavy atom. The summed E-state index contributed by atoms with van der Waals surface area (Å²) in [6.07, 6.45) is 35.0. The Labute approximate surface area is 511 Å². The van der Waals surface area contributed by atoms with Gasteiger partial charge in [-0.05, 0) is 49.4 Å². The molecule has 0 saturated heterocycles. The van der Waals surface area contributed by atoms with Gasteiger partial charge in [0.1, 0.15) is 19.3 Å². The molecule has 4 unspecified atom stereocenters. The quantitative estimate of drug-likeness (QED) is 0.0222. The molecule has 0 aromatic carbocycles. The number of carbonyl (C=O) groups excluding carboxylic acids is 4. The first kappa shape index (κ1) is 82.1. The zero-order chi connectivity index (χ0) is 62.5. The summed E-state index contributed by atoms with van der Waals surface area (Å²) in [4.78, 5) is 72.2. The molecule has 19 heteroatoms. The van der Waals surface area contributed by atoms with Crippen LogP contribution in [0.25, 0.3) is 0 Å². The fraction of sp³-hybridized carbons (Fsp3) is 0.938. The maximum Gasteiger partial charge on any atom is 0.472 e. The largest absolute Gasteiger partial charge is 0.472 e. The minimum atomic E-state index is -4.95. The van der Waals surface area contributed by atoms with Gasteiger partial charge in [0.25, 0.3) is 0 Å². The number of hydrogen-bond acceptors (Lipinski definition) is 15. The van der Waals surface area contributed by atoms with Crippen molar-refractivity contribution in [1.29, 1.82) is 0 Å². The van der Waals surface area contributed by atoms with Crippen LogP contribution in [0.4, 0.5) is 0 Å². The fourth-order valence-electron chi connectivity index (χ4n) is 9.57. The van der Waals surface area contributed by atoms with Crippen molar-refractivity contribution in [2.45, 2.75) is 331 Å². The molecule has 0 aromatic heterocycles. The molecular formula is C65H126O17P2. The van der Waals surface area contributed by atoms with Gasteiger partial charge in [-0.3, -0.25) is 37.3 Å². The first-order valence-corrected chi connectivity index (χ1v) is 36.7. The van der Waals surface area contributed by atoms with E-state index < -0.39 is 97.5 Å². The van der Waals surface area contributed by atoms with Crippen LogP contribution in [0.1, 0.15) is 312 Å². The van der Waals surface area contributed by atoms with Gasteiger partial charge >= 0.3 is 39.5 Å². The van der Waals surface area contributed by atoms with Crippen LogP contribution in [0.3, 0.4) is 0 Å². The molecule has 0 saturated carbocycles. The number of phosphoric ester groups is 2. The zero-order valence-electron chi connectivity index (χ0n) is 54.5. The summed E-state index contributed by atoms with van der Waals surface area (Å²) in [6, 6.07) is 0. The molecule has 3 N–H and O–H groups in total. The van der Waals surface area contributed by atoms with E-state index in [0.717, 1.165) is 108 Å². The minimum Gasteiger partial charge on any atom is -0.462 e. The van der Waals surface area contributed by atoms with E-state index in [1.54, 1.807) is 0 Å². The second-order valence-corrected chi connectivity index (χ2v) is 28.1. The lowest BCUT2D eigenvalue weighted by molar-refractivity contribution is -0.161. The molecule has 0 bridgehead atoms. The number of hydrogen-bond donors (Lipinski definition) is 3. The second kappa shape index (κ2) is 55.2. The van der Waals surface area contributed by atoms with Gasteiger partial charge < -0.3 is 33.8 Å². The molecular weight excluding hydrogens is 1110 g/mol. The third-order valence-electron chi connectivity index (χ3n) is 15.2. The van der Waals surface area contributed by atoms with Crippen LogP contribution in [0, 0.1) is 23.7 Å². The zero-order valence-corrected chi connectivity index (χ0v) is 56.3. The van der Waals surface area contributed by atoms with E-state index >= 15 is 0 Å². The van der Waals surface area contributed by atoms with Gasteiger partial charge in [-0.1, -0.05) is 261 Å². The Balaban J connectivity index is 5.24. The van der Waals surface area contributed by atoms with Crippen LogP contribution < -0.4 is 0 Å². The van der Waals surface area contributed by atoms with E-state index in [9.17, 15) is 43.2 Å². The number of aliphatic hydroxyl groups excluding tert-OH is 1. The van der Waals surface area contributed by atoms with Crippen molar-refractivity contribution in [2.24, 2.45) is 23.7 Å². The van der Waals surface area contributed by atoms with Gasteiger partial charge in [-0.15, -0.1) is 0 Å². The van der Waals surface area contributed by atoms with Crippen molar-refractivity contribution >= 4 is 39.5 Å². The molecule has 0 amide bonds. The summed E-state index contributed by atoms with van der Waals surface area (Å²) < 4.78 is 68.0. The third-order valence-corrected chi connectivity index (χ3v) is 17.1. The number of esters is 4. The van der Waals surface area contributed by atoms with Crippen LogP contribution >= 0.6 is 15.6 Å². The normalized spacial score (nSPS) is 14.7. The van der Waals surface area contributed by atoms with Crippen LogP contribution in [-0.4, -0.2) is 96.7 Å². The second-order valence-electron chi connectivity index (χ2n) is 25.2. The predicted octanol–water partition coefficient (Wildman–Crippen LogP) is 17.8. The molecule has 0 aliphatic heterocycles. The first-order valence-electron chi connectivity index (χ1n) is 33.7. The Bertz CT molecular complexity index is 1680. The summed E-state index contributed by atoms with van der Waals surface area (Å²) in [7, 11) is -9.89. The highest BCUT2D eigenvalue weighted by atomic mass is 31.2. The summed E-state index contributed by atoms with van der Waals surface area (Å²) >= 11 is 0. The maximum absolute atomic E-state index is 13.0. The van der Waals surface area contributed by atoms with E-state index in [2.05, 4.69) is 55.4 Å². The SMILES string of the molecule is CCC(C)CCCCCCCCCCCCC(=O)O[C@H](COC(=O)CCCCCCCCCC(C)C)COP(=O)(O)OCC(O)COP(=O)(O)OC[C@@H](COC(=O)CCCCCCCCCCC(C)C)OC(=O)CCCCCCCCC(C)C. The molecule has 0 fully saturated rings. The summed E-state index contributed by atoms with van der Waals surface area (Å²) in [5, 5.41) is 10.5. The lowest BCUT2D eigenvalue weighted by atomic mass is 9.99. The number of phosphoric acid groups is 2. The standard InChI is InChI=1S/C65H126O17P2/c1-9-58(8)44-36-28-19-12-10-11-13-21-31-39-47-64(69)81-60(51-76-63(68)46-38-30-22-16-18-26-34-42-56(4)5)53-79-83(71,72)77-49-59(66)50-78-84(73,74)80-54-61(82-65(70)48-40-32-24-23-27-35-43-57(6)7)52-75-62(67)45-37-29-20-15-14-17-25-33-41-55(2)3/h55-61,66H,9-54H2,1-8H3,(H,71,72)(H,73,74)/t58?,59?,60-,61-/m1/s1. The van der Waals surface area contributed by atoms with Crippen LogP contribution in [-0.2, 0) is 65.4 Å². The Hall–Kier alpha value is -1.94. The lowest BCUT2D eigenvalue weighted by Gasteiger charge is -2.21. The molecule has 0 spiro atoms. The molecule has 0 heterocycles. The van der Waals surface area contributed by atoms with Crippen LogP contribution in [0.5, 0.6) is 0 Å². The summed E-state index contributed by atoms with van der Waals surface area (Å²) in [5.74, 6) is 0.762. The van der Waals surface area contributed by atoms with Crippen molar-refractivity contribution in [1.82, 2.24) is 0 Å². The van der Waals surface area contributed by atoms with Gasteiger partial charge in [-0.2, -0.15) is 0 Å². The fourth-order valence-corrected chi connectivity index (χ4v) is 11.2. The number of unbranched alkanes of at least 4 members (excludes halogenated alkanes) is 27. The topological polar surface area (TPSA) is 237 Å². The molecule has 84 heavy (non-hydrogen) atoms. The monoisotopic (exact) mass is 1240 g/mol. The van der Waals surface area contributed by atoms with Crippen molar-refractivity contribution in [3.8, 4) is 0 Å². The number of ether oxygens (including phenoxy) is 4. The highest BCUT2D eigenvalue weighted by molar-refractivity contribution is 7.47. The molecule has 0 radical (unpaired) electrons.